The van der Waals surface area contributed by atoms with Gasteiger partial charge in [-0.3, -0.25) is 4.79 Å². The van der Waals surface area contributed by atoms with E-state index in [2.05, 4.69) is 40.7 Å². The summed E-state index contributed by atoms with van der Waals surface area (Å²) < 4.78 is 35.9. The van der Waals surface area contributed by atoms with Crippen molar-refractivity contribution < 1.29 is 99.0 Å². The summed E-state index contributed by atoms with van der Waals surface area (Å²) in [6.45, 7) is 11.3. The molecule has 8 rings (SSSR count). The van der Waals surface area contributed by atoms with E-state index in [1.807, 2.05) is 0 Å². The van der Waals surface area contributed by atoms with Gasteiger partial charge in [0.25, 0.3) is 0 Å². The molecule has 5 aliphatic carbocycles. The van der Waals surface area contributed by atoms with E-state index in [0.717, 1.165) is 11.9 Å². The first-order valence-corrected chi connectivity index (χ1v) is 23.8. The zero-order valence-electron chi connectivity index (χ0n) is 39.0. The zero-order valence-corrected chi connectivity index (χ0v) is 39.0. The summed E-state index contributed by atoms with van der Waals surface area (Å²) in [4.78, 5) is 39.8. The molecule has 20 nitrogen and oxygen atoms in total. The molecule has 3 aliphatic heterocycles. The summed E-state index contributed by atoms with van der Waals surface area (Å²) in [6.07, 6.45) is -20.5. The fourth-order valence-electron chi connectivity index (χ4n) is 14.8. The first kappa shape index (κ1) is 51.1. The van der Waals surface area contributed by atoms with Crippen LogP contribution in [0, 0.1) is 50.2 Å². The van der Waals surface area contributed by atoms with Gasteiger partial charge in [-0.2, -0.15) is 0 Å². The van der Waals surface area contributed by atoms with Crippen molar-refractivity contribution >= 4 is 18.2 Å². The summed E-state index contributed by atoms with van der Waals surface area (Å²) in [6, 6.07) is 0. The van der Waals surface area contributed by atoms with Crippen LogP contribution in [0.4, 0.5) is 0 Å². The van der Waals surface area contributed by atoms with Gasteiger partial charge in [-0.15, -0.1) is 0 Å². The number of rotatable bonds is 10. The lowest BCUT2D eigenvalue weighted by atomic mass is 9.33. The molecule has 0 aromatic rings. The second-order valence-corrected chi connectivity index (χ2v) is 22.8. The van der Waals surface area contributed by atoms with Gasteiger partial charge in [0.1, 0.15) is 72.7 Å². The third-order valence-corrected chi connectivity index (χ3v) is 18.9. The Labute approximate surface area is 389 Å². The van der Waals surface area contributed by atoms with Crippen molar-refractivity contribution in [3.05, 3.63) is 11.6 Å². The molecule has 8 aliphatic rings. The number of ether oxygens (including phenoxy) is 6. The van der Waals surface area contributed by atoms with Crippen molar-refractivity contribution in [1.29, 1.82) is 0 Å². The van der Waals surface area contributed by atoms with Gasteiger partial charge in [-0.05, 0) is 97.2 Å². The Kier molecular flexibility index (Phi) is 13.6. The molecule has 3 heterocycles. The van der Waals surface area contributed by atoms with Crippen molar-refractivity contribution in [3.8, 4) is 0 Å². The van der Waals surface area contributed by atoms with Gasteiger partial charge in [0.2, 0.25) is 0 Å². The summed E-state index contributed by atoms with van der Waals surface area (Å²) in [5.41, 5.74) is -3.10. The average molecular weight is 957 g/mol. The van der Waals surface area contributed by atoms with Gasteiger partial charge < -0.3 is 89.4 Å². The number of fused-ring (bicyclic) bond motifs is 7. The van der Waals surface area contributed by atoms with Crippen molar-refractivity contribution in [2.24, 2.45) is 50.2 Å². The number of allylic oxidation sites excluding steroid dienone is 2. The molecule has 0 bridgehead atoms. The van der Waals surface area contributed by atoms with Gasteiger partial charge in [0.15, 0.2) is 25.0 Å². The average Bonchev–Trinajstić information content (AvgIpc) is 3.26. The number of hydrogen-bond donors (Lipinski definition) is 11. The molecule has 3 saturated heterocycles. The van der Waals surface area contributed by atoms with Crippen LogP contribution in [-0.2, 0) is 42.8 Å². The maximum atomic E-state index is 13.8. The quantitative estimate of drug-likeness (QED) is 0.0753. The second kappa shape index (κ2) is 17.8. The highest BCUT2D eigenvalue weighted by Crippen LogP contribution is 2.76. The Bertz CT molecular complexity index is 1910. The van der Waals surface area contributed by atoms with E-state index in [0.29, 0.717) is 44.9 Å². The van der Waals surface area contributed by atoms with Gasteiger partial charge in [-0.25, -0.2) is 4.79 Å². The maximum absolute atomic E-state index is 13.8. The third-order valence-electron chi connectivity index (χ3n) is 18.9. The van der Waals surface area contributed by atoms with Crippen molar-refractivity contribution in [1.82, 2.24) is 0 Å². The normalized spacial score (nSPS) is 54.0. The standard InChI is InChI=1S/C47H72O20/c1-42(2)13-14-47(41(60)61)21(15-42)20-7-8-25-43(3)11-10-27(44(4,19-49)24(43)9-12-45(25,5)46(20,6)16-26(47)51)64-40-36(67-39-32(56)30(54)29(53)23(17-48)63-39)34(33(57)35(66-40)37(58)59)65-38-31(55)28(52)22(50)18-62-38/h7,19,21-36,38-40,48,50-57H,8-18H2,1-6H3,(H,58,59)(H,60,61)/t21-,22-,23+,24-,25+,26+,27-,28-,29-,30-,31-,32-,33+,34-,35-,36-,38-,39-,40+,43-,44-,45+,46+,47+/m0/s1. The lowest BCUT2D eigenvalue weighted by molar-refractivity contribution is -0.391. The summed E-state index contributed by atoms with van der Waals surface area (Å²) in [5.74, 6) is -3.36. The predicted molar refractivity (Wildman–Crippen MR) is 227 cm³/mol. The Balaban J connectivity index is 1.13. The number of carboxylic acid groups (broad SMARTS) is 2. The summed E-state index contributed by atoms with van der Waals surface area (Å²) >= 11 is 0. The fourth-order valence-corrected chi connectivity index (χ4v) is 14.8. The van der Waals surface area contributed by atoms with Crippen LogP contribution in [0.15, 0.2) is 11.6 Å². The molecule has 0 amide bonds. The van der Waals surface area contributed by atoms with Crippen LogP contribution in [0.25, 0.3) is 0 Å². The molecule has 0 aromatic heterocycles. The molecule has 11 N–H and O–H groups in total. The van der Waals surface area contributed by atoms with Gasteiger partial charge >= 0.3 is 11.9 Å². The summed E-state index contributed by atoms with van der Waals surface area (Å²) in [5, 5.41) is 118. The topological polar surface area (TPSA) is 329 Å². The molecular formula is C47H72O20. The number of carboxylic acids is 2. The largest absolute Gasteiger partial charge is 0.481 e. The van der Waals surface area contributed by atoms with Crippen LogP contribution in [0.2, 0.25) is 0 Å². The van der Waals surface area contributed by atoms with Gasteiger partial charge in [0.05, 0.1) is 30.8 Å². The highest BCUT2D eigenvalue weighted by atomic mass is 16.8. The number of aliphatic carboxylic acids is 2. The van der Waals surface area contributed by atoms with Crippen molar-refractivity contribution in [3.63, 3.8) is 0 Å². The van der Waals surface area contributed by atoms with Crippen LogP contribution >= 0.6 is 0 Å². The van der Waals surface area contributed by atoms with Crippen LogP contribution in [-0.4, -0.2) is 186 Å². The van der Waals surface area contributed by atoms with Crippen molar-refractivity contribution in [2.75, 3.05) is 13.2 Å². The van der Waals surface area contributed by atoms with E-state index in [-0.39, 0.29) is 36.0 Å². The molecule has 67 heavy (non-hydrogen) atoms. The lowest BCUT2D eigenvalue weighted by Crippen LogP contribution is -2.69. The minimum atomic E-state index is -2.14. The van der Waals surface area contributed by atoms with Crippen LogP contribution in [0.5, 0.6) is 0 Å². The van der Waals surface area contributed by atoms with E-state index in [1.165, 1.54) is 0 Å². The first-order valence-electron chi connectivity index (χ1n) is 23.8. The molecule has 24 atom stereocenters. The van der Waals surface area contributed by atoms with Crippen molar-refractivity contribution in [2.45, 2.75) is 198 Å². The SMILES string of the molecule is CC1(C)CC[C@]2(C(=O)O)[C@H](O)C[C@]3(C)C(=CC[C@@H]4[C@@]5(C)CC[C@H](O[C@@H]6O[C@H](C(=O)O)[C@H](O)[C@H](O[C@@H]7OC[C@H](O)[C@H](O)[C@@H]7O)[C@@H]6O[C@@H]6O[C@H](CO)[C@H](O)[C@H](O)[C@@H]6O)[C@@](C)(C=O)[C@H]5CC[C@]43C)[C@@H]2C1. The molecule has 4 saturated carbocycles. The smallest absolute Gasteiger partial charge is 0.335 e. The molecule has 0 aromatic carbocycles. The van der Waals surface area contributed by atoms with Crippen LogP contribution < -0.4 is 0 Å². The van der Waals surface area contributed by atoms with Gasteiger partial charge in [-0.1, -0.05) is 53.2 Å². The number of aldehydes is 1. The Morgan fingerprint density at radius 1 is 0.731 bits per heavy atom. The Hall–Kier alpha value is -2.25. The highest BCUT2D eigenvalue weighted by molar-refractivity contribution is 5.78. The molecule has 0 spiro atoms. The van der Waals surface area contributed by atoms with Crippen LogP contribution in [0.1, 0.15) is 99.3 Å². The molecular weight excluding hydrogens is 884 g/mol. The predicted octanol–water partition coefficient (Wildman–Crippen LogP) is -0.413. The highest BCUT2D eigenvalue weighted by Gasteiger charge is 2.72. The Morgan fingerprint density at radius 3 is 2.04 bits per heavy atom. The molecule has 20 heteroatoms. The zero-order chi connectivity index (χ0) is 49.1. The minimum absolute atomic E-state index is 0.0258. The minimum Gasteiger partial charge on any atom is -0.481 e. The number of hydrogen-bond acceptors (Lipinski definition) is 18. The van der Waals surface area contributed by atoms with Crippen LogP contribution in [0.3, 0.4) is 0 Å². The van der Waals surface area contributed by atoms with E-state index in [1.54, 1.807) is 6.92 Å². The number of aliphatic hydroxyl groups is 9. The van der Waals surface area contributed by atoms with Gasteiger partial charge in [0, 0.05) is 0 Å². The molecule has 7 fully saturated rings. The molecule has 0 radical (unpaired) electrons. The second-order valence-electron chi connectivity index (χ2n) is 22.8. The van der Waals surface area contributed by atoms with E-state index >= 15 is 0 Å². The lowest BCUT2D eigenvalue weighted by Gasteiger charge is -2.71. The van der Waals surface area contributed by atoms with E-state index in [4.69, 9.17) is 28.4 Å². The third kappa shape index (κ3) is 7.78. The molecule has 380 valence electrons. The number of carbonyl (C=O) groups is 3. The summed E-state index contributed by atoms with van der Waals surface area (Å²) in [7, 11) is 0. The Morgan fingerprint density at radius 2 is 1.40 bits per heavy atom. The fraction of sp³-hybridized carbons (Fsp3) is 0.894. The number of aliphatic hydroxyl groups excluding tert-OH is 9. The van der Waals surface area contributed by atoms with E-state index in [9.17, 15) is 70.6 Å². The molecule has 0 unspecified atom stereocenters. The first-order chi connectivity index (χ1) is 31.3. The number of carbonyl (C=O) groups excluding carboxylic acids is 1. The maximum Gasteiger partial charge on any atom is 0.335 e. The monoisotopic (exact) mass is 956 g/mol. The van der Waals surface area contributed by atoms with E-state index < -0.39 is 150 Å².